The summed E-state index contributed by atoms with van der Waals surface area (Å²) in [5.74, 6) is -0.651. The van der Waals surface area contributed by atoms with Gasteiger partial charge in [0.1, 0.15) is 18.8 Å². The third kappa shape index (κ3) is 6.50. The van der Waals surface area contributed by atoms with Gasteiger partial charge < -0.3 is 20.5 Å². The maximum Gasteiger partial charge on any atom is 0.317 e. The van der Waals surface area contributed by atoms with E-state index in [1.165, 1.54) is 12.1 Å². The van der Waals surface area contributed by atoms with Crippen LogP contribution in [-0.2, 0) is 25.7 Å². The second kappa shape index (κ2) is 9.73. The molecular weight excluding hydrogens is 326 g/mol. The van der Waals surface area contributed by atoms with Crippen molar-refractivity contribution in [2.24, 2.45) is 5.92 Å². The van der Waals surface area contributed by atoms with Gasteiger partial charge in [0.05, 0.1) is 17.9 Å². The number of rotatable bonds is 8. The van der Waals surface area contributed by atoms with Crippen LogP contribution in [0.1, 0.15) is 41.7 Å². The number of anilines is 1. The van der Waals surface area contributed by atoms with E-state index < -0.39 is 18.4 Å². The van der Waals surface area contributed by atoms with Crippen molar-refractivity contribution in [3.05, 3.63) is 23.4 Å². The van der Waals surface area contributed by atoms with Crippen molar-refractivity contribution in [1.29, 1.82) is 0 Å². The first-order valence-corrected chi connectivity index (χ1v) is 8.31. The summed E-state index contributed by atoms with van der Waals surface area (Å²) < 4.78 is 10.1. The highest BCUT2D eigenvalue weighted by Gasteiger charge is 2.16. The monoisotopic (exact) mass is 349 g/mol. The van der Waals surface area contributed by atoms with E-state index in [0.29, 0.717) is 24.5 Å². The number of aldehydes is 1. The molecule has 136 valence electrons. The van der Waals surface area contributed by atoms with Crippen molar-refractivity contribution in [3.63, 3.8) is 0 Å². The number of pyridine rings is 1. The van der Waals surface area contributed by atoms with Crippen LogP contribution in [0.2, 0.25) is 0 Å². The summed E-state index contributed by atoms with van der Waals surface area (Å²) in [4.78, 5) is 37.9. The molecule has 0 aromatic carbocycles. The molecule has 1 aromatic rings. The minimum atomic E-state index is -0.688. The van der Waals surface area contributed by atoms with Gasteiger partial charge in [-0.2, -0.15) is 0 Å². The standard InChI is InChI=1S/C17H23N3O5/c18-17-13(10-21)1-2-14(20-17)11-25-16(23)9-15(22)24-8-5-12-3-6-19-7-4-12/h1-2,10,12,19H,3-9,11H2,(H2,18,20). The van der Waals surface area contributed by atoms with Gasteiger partial charge in [-0.25, -0.2) is 4.98 Å². The Balaban J connectivity index is 1.64. The number of carbonyl (C=O) groups excluding carboxylic acids is 3. The molecule has 0 spiro atoms. The lowest BCUT2D eigenvalue weighted by atomic mass is 9.95. The Morgan fingerprint density at radius 3 is 2.64 bits per heavy atom. The smallest absolute Gasteiger partial charge is 0.317 e. The van der Waals surface area contributed by atoms with Crippen LogP contribution in [0.3, 0.4) is 0 Å². The minimum Gasteiger partial charge on any atom is -0.465 e. The van der Waals surface area contributed by atoms with Crippen LogP contribution in [0.4, 0.5) is 5.82 Å². The summed E-state index contributed by atoms with van der Waals surface area (Å²) in [6, 6.07) is 3.03. The van der Waals surface area contributed by atoms with Gasteiger partial charge in [0.15, 0.2) is 6.29 Å². The molecule has 1 aliphatic rings. The van der Waals surface area contributed by atoms with Gasteiger partial charge in [0, 0.05) is 0 Å². The number of aromatic nitrogens is 1. The Labute approximate surface area is 146 Å². The molecule has 1 aromatic heterocycles. The molecule has 0 bridgehead atoms. The summed E-state index contributed by atoms with van der Waals surface area (Å²) in [6.45, 7) is 2.20. The number of piperidine rings is 1. The third-order valence-corrected chi connectivity index (χ3v) is 4.06. The molecule has 0 radical (unpaired) electrons. The minimum absolute atomic E-state index is 0.0703. The first-order chi connectivity index (χ1) is 12.1. The second-order valence-corrected chi connectivity index (χ2v) is 5.93. The van der Waals surface area contributed by atoms with Crippen molar-refractivity contribution < 1.29 is 23.9 Å². The molecule has 0 unspecified atom stereocenters. The van der Waals surface area contributed by atoms with Gasteiger partial charge in [-0.1, -0.05) is 0 Å². The van der Waals surface area contributed by atoms with Crippen molar-refractivity contribution in [3.8, 4) is 0 Å². The zero-order valence-corrected chi connectivity index (χ0v) is 14.0. The predicted molar refractivity (Wildman–Crippen MR) is 89.6 cm³/mol. The first-order valence-electron chi connectivity index (χ1n) is 8.31. The number of nitrogens with two attached hydrogens (primary N) is 1. The summed E-state index contributed by atoms with van der Waals surface area (Å²) in [5.41, 5.74) is 6.24. The van der Waals surface area contributed by atoms with E-state index in [1.54, 1.807) is 0 Å². The van der Waals surface area contributed by atoms with E-state index in [-0.39, 0.29) is 18.0 Å². The number of hydrogen-bond donors (Lipinski definition) is 2. The molecule has 1 saturated heterocycles. The number of nitrogen functional groups attached to an aromatic ring is 1. The second-order valence-electron chi connectivity index (χ2n) is 5.93. The number of carbonyl (C=O) groups is 3. The average molecular weight is 349 g/mol. The van der Waals surface area contributed by atoms with Crippen molar-refractivity contribution in [2.75, 3.05) is 25.4 Å². The van der Waals surface area contributed by atoms with Gasteiger partial charge in [0.25, 0.3) is 0 Å². The predicted octanol–water partition coefficient (Wildman–Crippen LogP) is 0.842. The summed E-state index contributed by atoms with van der Waals surface area (Å²) in [7, 11) is 0. The largest absolute Gasteiger partial charge is 0.465 e. The zero-order chi connectivity index (χ0) is 18.1. The maximum absolute atomic E-state index is 11.7. The molecule has 1 fully saturated rings. The zero-order valence-electron chi connectivity index (χ0n) is 14.0. The Bertz CT molecular complexity index is 614. The van der Waals surface area contributed by atoms with Crippen LogP contribution >= 0.6 is 0 Å². The molecule has 0 saturated carbocycles. The fraction of sp³-hybridized carbons (Fsp3) is 0.529. The summed E-state index contributed by atoms with van der Waals surface area (Å²) >= 11 is 0. The fourth-order valence-corrected chi connectivity index (χ4v) is 2.59. The topological polar surface area (TPSA) is 121 Å². The van der Waals surface area contributed by atoms with E-state index in [9.17, 15) is 14.4 Å². The van der Waals surface area contributed by atoms with Gasteiger partial charge in [-0.3, -0.25) is 14.4 Å². The van der Waals surface area contributed by atoms with Crippen molar-refractivity contribution in [2.45, 2.75) is 32.3 Å². The molecule has 0 amide bonds. The lowest BCUT2D eigenvalue weighted by Crippen LogP contribution is -2.28. The van der Waals surface area contributed by atoms with E-state index in [1.807, 2.05) is 0 Å². The highest BCUT2D eigenvalue weighted by atomic mass is 16.6. The van der Waals surface area contributed by atoms with Gasteiger partial charge >= 0.3 is 11.9 Å². The highest BCUT2D eigenvalue weighted by Crippen LogP contribution is 2.15. The third-order valence-electron chi connectivity index (χ3n) is 4.06. The van der Waals surface area contributed by atoms with Crippen LogP contribution in [0, 0.1) is 5.92 Å². The molecule has 8 nitrogen and oxygen atoms in total. The molecule has 1 aliphatic heterocycles. The van der Waals surface area contributed by atoms with Gasteiger partial charge in [-0.05, 0) is 50.4 Å². The maximum atomic E-state index is 11.7. The van der Waals surface area contributed by atoms with Crippen LogP contribution in [0.25, 0.3) is 0 Å². The van der Waals surface area contributed by atoms with Crippen molar-refractivity contribution >= 4 is 24.0 Å². The molecule has 3 N–H and O–H groups in total. The quantitative estimate of drug-likeness (QED) is 0.402. The Morgan fingerprint density at radius 2 is 1.96 bits per heavy atom. The van der Waals surface area contributed by atoms with Crippen LogP contribution < -0.4 is 11.1 Å². The van der Waals surface area contributed by atoms with Gasteiger partial charge in [0.2, 0.25) is 0 Å². The SMILES string of the molecule is Nc1nc(COC(=O)CC(=O)OCCC2CCNCC2)ccc1C=O. The Kier molecular flexibility index (Phi) is 7.34. The van der Waals surface area contributed by atoms with Crippen LogP contribution in [-0.4, -0.2) is 42.9 Å². The van der Waals surface area contributed by atoms with Gasteiger partial charge in [-0.15, -0.1) is 0 Å². The first kappa shape index (κ1) is 18.9. The van der Waals surface area contributed by atoms with E-state index >= 15 is 0 Å². The number of nitrogens with one attached hydrogen (secondary N) is 1. The molecule has 8 heteroatoms. The van der Waals surface area contributed by atoms with E-state index in [2.05, 4.69) is 10.3 Å². The number of esters is 2. The molecular formula is C17H23N3O5. The average Bonchev–Trinajstić information content (AvgIpc) is 2.61. The number of nitrogens with zero attached hydrogens (tertiary/aromatic N) is 1. The summed E-state index contributed by atoms with van der Waals surface area (Å²) in [5, 5.41) is 3.28. The van der Waals surface area contributed by atoms with Crippen LogP contribution in [0.5, 0.6) is 0 Å². The molecule has 0 atom stereocenters. The normalized spacial score (nSPS) is 14.7. The number of ether oxygens (including phenoxy) is 2. The number of hydrogen-bond acceptors (Lipinski definition) is 8. The van der Waals surface area contributed by atoms with E-state index in [0.717, 1.165) is 32.4 Å². The molecule has 0 aliphatic carbocycles. The Morgan fingerprint density at radius 1 is 1.24 bits per heavy atom. The molecule has 2 heterocycles. The lowest BCUT2D eigenvalue weighted by Gasteiger charge is -2.22. The highest BCUT2D eigenvalue weighted by molar-refractivity contribution is 5.91. The molecule has 2 rings (SSSR count). The fourth-order valence-electron chi connectivity index (χ4n) is 2.59. The van der Waals surface area contributed by atoms with Crippen molar-refractivity contribution in [1.82, 2.24) is 10.3 Å². The van der Waals surface area contributed by atoms with Crippen LogP contribution in [0.15, 0.2) is 12.1 Å². The molecule has 25 heavy (non-hydrogen) atoms. The lowest BCUT2D eigenvalue weighted by molar-refractivity contribution is -0.155. The summed E-state index contributed by atoms with van der Waals surface area (Å²) in [6.07, 6.45) is 3.14. The van der Waals surface area contributed by atoms with E-state index in [4.69, 9.17) is 15.2 Å². The Hall–Kier alpha value is -2.48.